The number of hydrogen-bond acceptors (Lipinski definition) is 6. The van der Waals surface area contributed by atoms with Gasteiger partial charge in [0.2, 0.25) is 11.8 Å². The third-order valence-electron chi connectivity index (χ3n) is 5.16. The van der Waals surface area contributed by atoms with E-state index in [2.05, 4.69) is 32.7 Å². The van der Waals surface area contributed by atoms with Gasteiger partial charge in [0.05, 0.1) is 15.7 Å². The van der Waals surface area contributed by atoms with E-state index in [-0.39, 0.29) is 34.1 Å². The first-order valence-corrected chi connectivity index (χ1v) is 10.7. The minimum Gasteiger partial charge on any atom is -0.455 e. The predicted molar refractivity (Wildman–Crippen MR) is 121 cm³/mol. The van der Waals surface area contributed by atoms with Crippen LogP contribution in [0, 0.1) is 0 Å². The third-order valence-corrected chi connectivity index (χ3v) is 5.95. The van der Waals surface area contributed by atoms with Crippen LogP contribution in [0.2, 0.25) is 15.1 Å². The summed E-state index contributed by atoms with van der Waals surface area (Å²) in [6.45, 7) is 1.74. The Morgan fingerprint density at radius 1 is 1.10 bits per heavy atom. The van der Waals surface area contributed by atoms with Crippen LogP contribution in [-0.4, -0.2) is 29.2 Å². The normalized spacial score (nSPS) is 15.2. The van der Waals surface area contributed by atoms with Crippen LogP contribution in [0.3, 0.4) is 0 Å². The van der Waals surface area contributed by atoms with Crippen molar-refractivity contribution in [1.29, 1.82) is 0 Å². The molecular weight excluding hydrogens is 461 g/mol. The number of benzene rings is 2. The monoisotopic (exact) mass is 475 g/mol. The van der Waals surface area contributed by atoms with E-state index in [9.17, 15) is 4.79 Å². The molecule has 0 radical (unpaired) electrons. The van der Waals surface area contributed by atoms with Gasteiger partial charge in [-0.15, -0.1) is 0 Å². The van der Waals surface area contributed by atoms with Gasteiger partial charge in [-0.3, -0.25) is 9.69 Å². The van der Waals surface area contributed by atoms with E-state index in [4.69, 9.17) is 39.5 Å². The summed E-state index contributed by atoms with van der Waals surface area (Å²) in [5.41, 5.74) is 4.01. The van der Waals surface area contributed by atoms with E-state index < -0.39 is 0 Å². The second kappa shape index (κ2) is 8.16. The molecule has 3 heterocycles. The number of carbonyl (C=O) groups excluding carboxylic acids is 1. The number of anilines is 3. The number of fused-ring (bicyclic) bond motifs is 2. The molecule has 5 rings (SSSR count). The first-order chi connectivity index (χ1) is 15.0. The Kier molecular flexibility index (Phi) is 5.35. The summed E-state index contributed by atoms with van der Waals surface area (Å²) in [7, 11) is 0. The summed E-state index contributed by atoms with van der Waals surface area (Å²) in [4.78, 5) is 23.0. The van der Waals surface area contributed by atoms with Crippen LogP contribution in [0.15, 0.2) is 36.5 Å². The van der Waals surface area contributed by atoms with Crippen LogP contribution < -0.4 is 20.3 Å². The lowest BCUT2D eigenvalue weighted by atomic mass is 10.0. The smallest absolute Gasteiger partial charge is 0.268 e. The summed E-state index contributed by atoms with van der Waals surface area (Å²) >= 11 is 18.5. The summed E-state index contributed by atoms with van der Waals surface area (Å²) in [6, 6.07) is 9.19. The highest BCUT2D eigenvalue weighted by molar-refractivity contribution is 6.42. The number of carbonyl (C=O) groups is 1. The van der Waals surface area contributed by atoms with Gasteiger partial charge in [-0.05, 0) is 48.4 Å². The lowest BCUT2D eigenvalue weighted by Crippen LogP contribution is -2.39. The average Bonchev–Trinajstić information content (AvgIpc) is 2.74. The van der Waals surface area contributed by atoms with Crippen molar-refractivity contribution in [2.24, 2.45) is 0 Å². The number of hydrogen-bond donors (Lipinski definition) is 2. The van der Waals surface area contributed by atoms with E-state index in [1.807, 2.05) is 6.07 Å². The van der Waals surface area contributed by atoms with Gasteiger partial charge in [0.1, 0.15) is 5.56 Å². The summed E-state index contributed by atoms with van der Waals surface area (Å²) in [5, 5.41) is 7.41. The van der Waals surface area contributed by atoms with Gasteiger partial charge >= 0.3 is 0 Å². The minimum atomic E-state index is -0.361. The Balaban J connectivity index is 1.40. The highest BCUT2D eigenvalue weighted by Crippen LogP contribution is 2.39. The molecule has 2 aliphatic rings. The molecule has 0 saturated carbocycles. The summed E-state index contributed by atoms with van der Waals surface area (Å²) < 4.78 is 5.73. The Hall–Kier alpha value is -2.58. The fourth-order valence-corrected chi connectivity index (χ4v) is 4.68. The van der Waals surface area contributed by atoms with Crippen molar-refractivity contribution >= 4 is 58.0 Å². The Morgan fingerprint density at radius 2 is 1.90 bits per heavy atom. The first kappa shape index (κ1) is 20.3. The van der Waals surface area contributed by atoms with Gasteiger partial charge in [-0.25, -0.2) is 4.98 Å². The second-order valence-electron chi connectivity index (χ2n) is 7.17. The number of aromatic nitrogens is 2. The van der Waals surface area contributed by atoms with Crippen LogP contribution >= 0.6 is 34.8 Å². The number of nitrogens with one attached hydrogen (secondary N) is 2. The molecule has 0 aliphatic carbocycles. The number of nitrogens with zero attached hydrogens (tertiary/aromatic N) is 3. The maximum atomic E-state index is 13.0. The number of ether oxygens (including phenoxy) is 1. The molecular formula is C21H16Cl3N5O2. The van der Waals surface area contributed by atoms with Crippen molar-refractivity contribution in [2.45, 2.75) is 13.0 Å². The zero-order valence-electron chi connectivity index (χ0n) is 16.1. The van der Waals surface area contributed by atoms with Crippen LogP contribution in [0.5, 0.6) is 5.88 Å². The van der Waals surface area contributed by atoms with Crippen molar-refractivity contribution in [2.75, 3.05) is 23.5 Å². The molecule has 0 spiro atoms. The molecule has 158 valence electrons. The molecule has 0 bridgehead atoms. The molecule has 3 aromatic rings. The molecule has 0 unspecified atom stereocenters. The topological polar surface area (TPSA) is 79.4 Å². The SMILES string of the molecule is O=C1c2cnc(Nc3ccc4c(c3)CCNC4)nc2OCN1c1c(Cl)cc(Cl)cc1Cl. The molecule has 0 saturated heterocycles. The van der Waals surface area contributed by atoms with Crippen molar-refractivity contribution < 1.29 is 9.53 Å². The maximum absolute atomic E-state index is 13.0. The molecule has 2 N–H and O–H groups in total. The number of amides is 1. The van der Waals surface area contributed by atoms with E-state index in [0.29, 0.717) is 16.7 Å². The van der Waals surface area contributed by atoms with Crippen molar-refractivity contribution in [1.82, 2.24) is 15.3 Å². The van der Waals surface area contributed by atoms with Crippen molar-refractivity contribution in [3.63, 3.8) is 0 Å². The van der Waals surface area contributed by atoms with Crippen molar-refractivity contribution in [3.05, 3.63) is 68.3 Å². The van der Waals surface area contributed by atoms with Crippen LogP contribution in [0.25, 0.3) is 0 Å². The molecule has 31 heavy (non-hydrogen) atoms. The average molecular weight is 477 g/mol. The molecule has 2 aromatic carbocycles. The van der Waals surface area contributed by atoms with Gasteiger partial charge in [-0.1, -0.05) is 40.9 Å². The fraction of sp³-hybridized carbons (Fsp3) is 0.190. The van der Waals surface area contributed by atoms with Gasteiger partial charge in [0, 0.05) is 23.5 Å². The van der Waals surface area contributed by atoms with Gasteiger partial charge in [0.15, 0.2) is 6.73 Å². The highest BCUT2D eigenvalue weighted by atomic mass is 35.5. The predicted octanol–water partition coefficient (Wildman–Crippen LogP) is 4.82. The van der Waals surface area contributed by atoms with Gasteiger partial charge in [-0.2, -0.15) is 4.98 Å². The third kappa shape index (κ3) is 3.90. The Bertz CT molecular complexity index is 1180. The largest absolute Gasteiger partial charge is 0.455 e. The van der Waals surface area contributed by atoms with E-state index in [1.54, 1.807) is 0 Å². The lowest BCUT2D eigenvalue weighted by Gasteiger charge is -2.29. The van der Waals surface area contributed by atoms with Gasteiger partial charge < -0.3 is 15.4 Å². The lowest BCUT2D eigenvalue weighted by molar-refractivity contribution is 0.0932. The zero-order valence-corrected chi connectivity index (χ0v) is 18.4. The van der Waals surface area contributed by atoms with Crippen molar-refractivity contribution in [3.8, 4) is 5.88 Å². The van der Waals surface area contributed by atoms with Crippen LogP contribution in [0.1, 0.15) is 21.5 Å². The molecule has 1 aromatic heterocycles. The minimum absolute atomic E-state index is 0.0881. The quantitative estimate of drug-likeness (QED) is 0.564. The second-order valence-corrected chi connectivity index (χ2v) is 8.42. The van der Waals surface area contributed by atoms with Crippen LogP contribution in [-0.2, 0) is 13.0 Å². The molecule has 7 nitrogen and oxygen atoms in total. The molecule has 10 heteroatoms. The zero-order chi connectivity index (χ0) is 21.5. The van der Waals surface area contributed by atoms with E-state index in [1.165, 1.54) is 34.4 Å². The van der Waals surface area contributed by atoms with Gasteiger partial charge in [0.25, 0.3) is 5.91 Å². The Morgan fingerprint density at radius 3 is 2.71 bits per heavy atom. The summed E-state index contributed by atoms with van der Waals surface area (Å²) in [5.74, 6) is 0.179. The van der Waals surface area contributed by atoms with Crippen LogP contribution in [0.4, 0.5) is 17.3 Å². The standard InChI is InChI=1S/C21H16Cl3N5O2/c22-13-6-16(23)18(17(24)7-13)29-10-31-19-15(20(29)30)9-26-21(28-19)27-14-2-1-12-8-25-4-3-11(12)5-14/h1-2,5-7,9,25H,3-4,8,10H2,(H,26,27,28). The Labute approximate surface area is 193 Å². The fourth-order valence-electron chi connectivity index (χ4n) is 3.66. The first-order valence-electron chi connectivity index (χ1n) is 9.55. The van der Waals surface area contributed by atoms with E-state index in [0.717, 1.165) is 25.2 Å². The molecule has 0 atom stereocenters. The maximum Gasteiger partial charge on any atom is 0.268 e. The summed E-state index contributed by atoms with van der Waals surface area (Å²) in [6.07, 6.45) is 2.40. The highest BCUT2D eigenvalue weighted by Gasteiger charge is 2.31. The molecule has 1 amide bonds. The number of rotatable bonds is 3. The number of halogens is 3. The molecule has 2 aliphatic heterocycles. The van der Waals surface area contributed by atoms with E-state index >= 15 is 0 Å². The molecule has 0 fully saturated rings.